The Labute approximate surface area is 193 Å². The molecule has 0 bridgehead atoms. The molecule has 170 valence electrons. The van der Waals surface area contributed by atoms with Crippen LogP contribution in [0.25, 0.3) is 0 Å². The van der Waals surface area contributed by atoms with Crippen molar-refractivity contribution in [1.29, 1.82) is 0 Å². The number of hydrogen-bond acceptors (Lipinski definition) is 5. The van der Waals surface area contributed by atoms with Crippen LogP contribution in [0.2, 0.25) is 0 Å². The highest BCUT2D eigenvalue weighted by atomic mass is 16.5. The number of ether oxygens (including phenoxy) is 2. The fourth-order valence-corrected chi connectivity index (χ4v) is 3.04. The van der Waals surface area contributed by atoms with E-state index in [0.29, 0.717) is 17.1 Å². The quantitative estimate of drug-likeness (QED) is 0.385. The Balaban J connectivity index is 1.53. The van der Waals surface area contributed by atoms with Crippen molar-refractivity contribution in [3.05, 3.63) is 89.0 Å². The number of aryl methyl sites for hydroxylation is 2. The summed E-state index contributed by atoms with van der Waals surface area (Å²) in [6.45, 7) is 3.85. The van der Waals surface area contributed by atoms with Gasteiger partial charge in [0.1, 0.15) is 0 Å². The molecule has 0 aliphatic rings. The predicted octanol–water partition coefficient (Wildman–Crippen LogP) is 4.02. The van der Waals surface area contributed by atoms with Crippen molar-refractivity contribution in [2.75, 3.05) is 19.0 Å². The first-order valence-corrected chi connectivity index (χ1v) is 10.5. The third-order valence-electron chi connectivity index (χ3n) is 4.95. The lowest BCUT2D eigenvalue weighted by Crippen LogP contribution is -2.20. The molecule has 2 amide bonds. The fraction of sp³-hybridized carbons (Fsp3) is 0.192. The fourth-order valence-electron chi connectivity index (χ4n) is 3.04. The Kier molecular flexibility index (Phi) is 8.18. The average molecular weight is 446 g/mol. The zero-order chi connectivity index (χ0) is 23.6. The van der Waals surface area contributed by atoms with Crippen molar-refractivity contribution in [3.8, 4) is 11.5 Å². The van der Waals surface area contributed by atoms with Gasteiger partial charge in [0.05, 0.1) is 19.7 Å². The molecule has 3 aromatic carbocycles. The standard InChI is InChI=1S/C26H27N3O4/c1-18-9-11-22(13-19(18)2)28-26(31)17-33-23-12-10-21(14-24(23)32-3)16-27-29-25(30)15-20-7-5-4-6-8-20/h4-14,16H,15,17H2,1-3H3,(H,28,31)(H,29,30)/b27-16-. The van der Waals surface area contributed by atoms with E-state index in [0.717, 1.165) is 22.4 Å². The molecule has 0 aliphatic heterocycles. The second kappa shape index (κ2) is 11.5. The van der Waals surface area contributed by atoms with E-state index in [1.807, 2.05) is 62.4 Å². The number of nitrogens with zero attached hydrogens (tertiary/aromatic N) is 1. The Hall–Kier alpha value is -4.13. The zero-order valence-corrected chi connectivity index (χ0v) is 18.9. The highest BCUT2D eigenvalue weighted by Gasteiger charge is 2.09. The molecular formula is C26H27N3O4. The van der Waals surface area contributed by atoms with E-state index >= 15 is 0 Å². The topological polar surface area (TPSA) is 89.0 Å². The summed E-state index contributed by atoms with van der Waals surface area (Å²) < 4.78 is 11.0. The first-order chi connectivity index (χ1) is 15.9. The number of nitrogens with one attached hydrogen (secondary N) is 2. The van der Waals surface area contributed by atoms with Crippen molar-refractivity contribution in [2.45, 2.75) is 20.3 Å². The zero-order valence-electron chi connectivity index (χ0n) is 18.9. The molecule has 2 N–H and O–H groups in total. The average Bonchev–Trinajstić information content (AvgIpc) is 2.81. The molecule has 0 spiro atoms. The van der Waals surface area contributed by atoms with Crippen molar-refractivity contribution >= 4 is 23.7 Å². The molecule has 0 saturated heterocycles. The van der Waals surface area contributed by atoms with Gasteiger partial charge in [0, 0.05) is 5.69 Å². The lowest BCUT2D eigenvalue weighted by molar-refractivity contribution is -0.120. The summed E-state index contributed by atoms with van der Waals surface area (Å²) in [6, 6.07) is 20.3. The first-order valence-electron chi connectivity index (χ1n) is 10.5. The largest absolute Gasteiger partial charge is 0.493 e. The molecule has 7 heteroatoms. The number of rotatable bonds is 9. The summed E-state index contributed by atoms with van der Waals surface area (Å²) in [5.41, 5.74) is 7.11. The lowest BCUT2D eigenvalue weighted by atomic mass is 10.1. The molecule has 0 saturated carbocycles. The van der Waals surface area contributed by atoms with Crippen LogP contribution in [0.5, 0.6) is 11.5 Å². The molecule has 0 unspecified atom stereocenters. The molecule has 3 rings (SSSR count). The van der Waals surface area contributed by atoms with Gasteiger partial charge in [-0.15, -0.1) is 0 Å². The van der Waals surface area contributed by atoms with Gasteiger partial charge < -0.3 is 14.8 Å². The van der Waals surface area contributed by atoms with Crippen LogP contribution in [0.3, 0.4) is 0 Å². The maximum atomic E-state index is 12.2. The minimum absolute atomic E-state index is 0.160. The number of carbonyl (C=O) groups is 2. The van der Waals surface area contributed by atoms with E-state index in [1.54, 1.807) is 18.2 Å². The minimum atomic E-state index is -0.271. The Bertz CT molecular complexity index is 1140. The highest BCUT2D eigenvalue weighted by molar-refractivity contribution is 5.92. The van der Waals surface area contributed by atoms with Crippen molar-refractivity contribution < 1.29 is 19.1 Å². The normalized spacial score (nSPS) is 10.6. The van der Waals surface area contributed by atoms with Crippen LogP contribution >= 0.6 is 0 Å². The van der Waals surface area contributed by atoms with Gasteiger partial charge in [-0.25, -0.2) is 5.43 Å². The van der Waals surface area contributed by atoms with Gasteiger partial charge in [0.2, 0.25) is 5.91 Å². The summed E-state index contributed by atoms with van der Waals surface area (Å²) in [5.74, 6) is 0.401. The summed E-state index contributed by atoms with van der Waals surface area (Å²) >= 11 is 0. The second-order valence-electron chi connectivity index (χ2n) is 7.50. The predicted molar refractivity (Wildman–Crippen MR) is 129 cm³/mol. The monoisotopic (exact) mass is 445 g/mol. The summed E-state index contributed by atoms with van der Waals surface area (Å²) in [5, 5.41) is 6.81. The van der Waals surface area contributed by atoms with Crippen LogP contribution in [-0.2, 0) is 16.0 Å². The van der Waals surface area contributed by atoms with Crippen molar-refractivity contribution in [2.24, 2.45) is 5.10 Å². The first kappa shape index (κ1) is 23.5. The summed E-state index contributed by atoms with van der Waals surface area (Å²) in [4.78, 5) is 24.2. The number of amides is 2. The van der Waals surface area contributed by atoms with Gasteiger partial charge in [0.15, 0.2) is 18.1 Å². The molecule has 0 radical (unpaired) electrons. The Morgan fingerprint density at radius 3 is 2.42 bits per heavy atom. The van der Waals surface area contributed by atoms with Crippen LogP contribution in [0, 0.1) is 13.8 Å². The van der Waals surface area contributed by atoms with E-state index < -0.39 is 0 Å². The summed E-state index contributed by atoms with van der Waals surface area (Å²) in [7, 11) is 1.51. The SMILES string of the molecule is COc1cc(/C=N\NC(=O)Cc2ccccc2)ccc1OCC(=O)Nc1ccc(C)c(C)c1. The highest BCUT2D eigenvalue weighted by Crippen LogP contribution is 2.27. The molecule has 0 atom stereocenters. The van der Waals surface area contributed by atoms with E-state index in [-0.39, 0.29) is 24.8 Å². The molecule has 3 aromatic rings. The number of anilines is 1. The van der Waals surface area contributed by atoms with Gasteiger partial charge in [-0.05, 0) is 66.4 Å². The third-order valence-corrected chi connectivity index (χ3v) is 4.95. The van der Waals surface area contributed by atoms with Gasteiger partial charge in [0.25, 0.3) is 5.91 Å². The summed E-state index contributed by atoms with van der Waals surface area (Å²) in [6.07, 6.45) is 1.76. The van der Waals surface area contributed by atoms with E-state index in [4.69, 9.17) is 9.47 Å². The smallest absolute Gasteiger partial charge is 0.262 e. The van der Waals surface area contributed by atoms with E-state index in [2.05, 4.69) is 15.8 Å². The Morgan fingerprint density at radius 1 is 0.909 bits per heavy atom. The lowest BCUT2D eigenvalue weighted by Gasteiger charge is -2.12. The molecule has 7 nitrogen and oxygen atoms in total. The third kappa shape index (κ3) is 7.21. The van der Waals surface area contributed by atoms with Crippen LogP contribution in [0.1, 0.15) is 22.3 Å². The maximum Gasteiger partial charge on any atom is 0.262 e. The van der Waals surface area contributed by atoms with Gasteiger partial charge in [-0.2, -0.15) is 5.10 Å². The molecule has 33 heavy (non-hydrogen) atoms. The van der Waals surface area contributed by atoms with Crippen LogP contribution in [-0.4, -0.2) is 31.7 Å². The van der Waals surface area contributed by atoms with Gasteiger partial charge >= 0.3 is 0 Å². The Morgan fingerprint density at radius 2 is 1.70 bits per heavy atom. The molecule has 0 heterocycles. The van der Waals surface area contributed by atoms with E-state index in [9.17, 15) is 9.59 Å². The second-order valence-corrected chi connectivity index (χ2v) is 7.50. The molecular weight excluding hydrogens is 418 g/mol. The molecule has 0 aliphatic carbocycles. The number of methoxy groups -OCH3 is 1. The van der Waals surface area contributed by atoms with Crippen LogP contribution in [0.4, 0.5) is 5.69 Å². The van der Waals surface area contributed by atoms with Crippen molar-refractivity contribution in [1.82, 2.24) is 5.43 Å². The van der Waals surface area contributed by atoms with Crippen LogP contribution < -0.4 is 20.2 Å². The van der Waals surface area contributed by atoms with Crippen molar-refractivity contribution in [3.63, 3.8) is 0 Å². The minimum Gasteiger partial charge on any atom is -0.493 e. The number of hydrazone groups is 1. The van der Waals surface area contributed by atoms with Gasteiger partial charge in [-0.1, -0.05) is 36.4 Å². The number of carbonyl (C=O) groups excluding carboxylic acids is 2. The molecule has 0 aromatic heterocycles. The maximum absolute atomic E-state index is 12.2. The number of hydrogen-bond donors (Lipinski definition) is 2. The molecule has 0 fully saturated rings. The van der Waals surface area contributed by atoms with Gasteiger partial charge in [-0.3, -0.25) is 9.59 Å². The number of benzene rings is 3. The van der Waals surface area contributed by atoms with E-state index in [1.165, 1.54) is 13.3 Å². The van der Waals surface area contributed by atoms with Crippen LogP contribution in [0.15, 0.2) is 71.8 Å².